The molecule has 2 rings (SSSR count). The Morgan fingerprint density at radius 3 is 2.69 bits per heavy atom. The van der Waals surface area contributed by atoms with Crippen LogP contribution in [0.5, 0.6) is 0 Å². The molecule has 1 heterocycles. The largest absolute Gasteiger partial charge is 0.509 e. The zero-order valence-electron chi connectivity index (χ0n) is 8.68. The molecule has 4 heteroatoms. The summed E-state index contributed by atoms with van der Waals surface area (Å²) in [6.45, 7) is -0.0473. The van der Waals surface area contributed by atoms with Gasteiger partial charge in [-0.2, -0.15) is 0 Å². The molecule has 1 saturated heterocycles. The second-order valence-electron chi connectivity index (χ2n) is 3.69. The highest BCUT2D eigenvalue weighted by Gasteiger charge is 2.32. The van der Waals surface area contributed by atoms with Gasteiger partial charge in [-0.25, -0.2) is 0 Å². The SMILES string of the molecule is O=C1NC[C@H](c2ccccc2)/C1=C(\O)CO. The molecule has 84 valence electrons. The minimum Gasteiger partial charge on any atom is -0.509 e. The average Bonchev–Trinajstić information content (AvgIpc) is 2.71. The number of aliphatic hydroxyl groups is 2. The summed E-state index contributed by atoms with van der Waals surface area (Å²) < 4.78 is 0. The number of hydrogen-bond donors (Lipinski definition) is 3. The minimum absolute atomic E-state index is 0.180. The Bertz CT molecular complexity index is 425. The lowest BCUT2D eigenvalue weighted by molar-refractivity contribution is -0.116. The van der Waals surface area contributed by atoms with Gasteiger partial charge in [0.05, 0.1) is 5.57 Å². The van der Waals surface area contributed by atoms with E-state index in [2.05, 4.69) is 5.32 Å². The lowest BCUT2D eigenvalue weighted by Gasteiger charge is -2.10. The first-order valence-corrected chi connectivity index (χ1v) is 5.10. The Balaban J connectivity index is 2.40. The maximum Gasteiger partial charge on any atom is 0.251 e. The fourth-order valence-electron chi connectivity index (χ4n) is 1.94. The Hall–Kier alpha value is -1.81. The third kappa shape index (κ3) is 1.79. The van der Waals surface area contributed by atoms with Crippen LogP contribution in [0.1, 0.15) is 11.5 Å². The van der Waals surface area contributed by atoms with E-state index in [1.165, 1.54) is 0 Å². The summed E-state index contributed by atoms with van der Waals surface area (Å²) in [4.78, 5) is 11.5. The van der Waals surface area contributed by atoms with Gasteiger partial charge in [-0.05, 0) is 5.56 Å². The molecule has 0 unspecified atom stereocenters. The van der Waals surface area contributed by atoms with Gasteiger partial charge in [0.25, 0.3) is 5.91 Å². The first-order chi connectivity index (χ1) is 7.74. The van der Waals surface area contributed by atoms with Crippen molar-refractivity contribution in [3.05, 3.63) is 47.2 Å². The highest BCUT2D eigenvalue weighted by molar-refractivity contribution is 5.98. The topological polar surface area (TPSA) is 69.6 Å². The van der Waals surface area contributed by atoms with Gasteiger partial charge in [-0.15, -0.1) is 0 Å². The highest BCUT2D eigenvalue weighted by atomic mass is 16.3. The van der Waals surface area contributed by atoms with Crippen molar-refractivity contribution < 1.29 is 15.0 Å². The average molecular weight is 219 g/mol. The Labute approximate surface area is 93.2 Å². The van der Waals surface area contributed by atoms with E-state index >= 15 is 0 Å². The van der Waals surface area contributed by atoms with Crippen LogP contribution < -0.4 is 5.32 Å². The molecule has 1 aromatic rings. The predicted molar refractivity (Wildman–Crippen MR) is 58.9 cm³/mol. The zero-order chi connectivity index (χ0) is 11.5. The Kier molecular flexibility index (Phi) is 2.92. The second-order valence-corrected chi connectivity index (χ2v) is 3.69. The first-order valence-electron chi connectivity index (χ1n) is 5.10. The molecule has 16 heavy (non-hydrogen) atoms. The minimum atomic E-state index is -0.508. The molecule has 0 spiro atoms. The van der Waals surface area contributed by atoms with Crippen LogP contribution in [0.2, 0.25) is 0 Å². The number of amides is 1. The molecular formula is C12H13NO3. The molecule has 4 nitrogen and oxygen atoms in total. The number of hydrogen-bond acceptors (Lipinski definition) is 3. The molecule has 3 N–H and O–H groups in total. The first kappa shape index (κ1) is 10.7. The maximum atomic E-state index is 11.5. The van der Waals surface area contributed by atoms with Gasteiger partial charge < -0.3 is 15.5 Å². The van der Waals surface area contributed by atoms with Crippen LogP contribution in [-0.4, -0.2) is 29.3 Å². The summed E-state index contributed by atoms with van der Waals surface area (Å²) in [6.07, 6.45) is 0. The molecule has 1 atom stereocenters. The summed E-state index contributed by atoms with van der Waals surface area (Å²) in [5.41, 5.74) is 1.23. The van der Waals surface area contributed by atoms with Gasteiger partial charge in [-0.3, -0.25) is 4.79 Å². The quantitative estimate of drug-likeness (QED) is 0.506. The normalized spacial score (nSPS) is 23.1. The van der Waals surface area contributed by atoms with Gasteiger partial charge in [0.15, 0.2) is 0 Å². The summed E-state index contributed by atoms with van der Waals surface area (Å²) in [5.74, 6) is -0.731. The fraction of sp³-hybridized carbons (Fsp3) is 0.250. The number of carbonyl (C=O) groups excluding carboxylic acids is 1. The molecule has 1 fully saturated rings. The van der Waals surface area contributed by atoms with Crippen LogP contribution >= 0.6 is 0 Å². The van der Waals surface area contributed by atoms with Gasteiger partial charge >= 0.3 is 0 Å². The van der Waals surface area contributed by atoms with Crippen molar-refractivity contribution in [2.45, 2.75) is 5.92 Å². The number of benzene rings is 1. The Morgan fingerprint density at radius 1 is 1.38 bits per heavy atom. The van der Waals surface area contributed by atoms with E-state index < -0.39 is 6.61 Å². The molecule has 1 aromatic carbocycles. The van der Waals surface area contributed by atoms with Crippen LogP contribution in [0.25, 0.3) is 0 Å². The van der Waals surface area contributed by atoms with E-state index in [0.29, 0.717) is 6.54 Å². The fourth-order valence-corrected chi connectivity index (χ4v) is 1.94. The van der Waals surface area contributed by atoms with Gasteiger partial charge in [0.1, 0.15) is 12.4 Å². The monoisotopic (exact) mass is 219 g/mol. The number of rotatable bonds is 2. The molecule has 0 aromatic heterocycles. The van der Waals surface area contributed by atoms with Gasteiger partial charge in [0, 0.05) is 12.5 Å². The standard InChI is InChI=1S/C12H13NO3/c14-7-10(15)11-9(6-13-12(11)16)8-4-2-1-3-5-8/h1-5,9,14-15H,6-7H2,(H,13,16)/b11-10+/t9-/m1/s1. The molecule has 0 saturated carbocycles. The summed E-state index contributed by atoms with van der Waals surface area (Å²) in [5, 5.41) is 21.1. The van der Waals surface area contributed by atoms with Crippen LogP contribution in [0.3, 0.4) is 0 Å². The molecule has 0 aliphatic carbocycles. The zero-order valence-corrected chi connectivity index (χ0v) is 8.68. The van der Waals surface area contributed by atoms with E-state index in [1.807, 2.05) is 30.3 Å². The molecule has 1 aliphatic rings. The highest BCUT2D eigenvalue weighted by Crippen LogP contribution is 2.29. The van der Waals surface area contributed by atoms with Crippen molar-refractivity contribution in [1.29, 1.82) is 0 Å². The van der Waals surface area contributed by atoms with E-state index in [-0.39, 0.29) is 23.2 Å². The predicted octanol–water partition coefficient (Wildman–Crippen LogP) is 0.704. The molecule has 1 amide bonds. The van der Waals surface area contributed by atoms with Gasteiger partial charge in [-0.1, -0.05) is 30.3 Å². The molecule has 0 radical (unpaired) electrons. The third-order valence-electron chi connectivity index (χ3n) is 2.72. The molecule has 0 bridgehead atoms. The van der Waals surface area contributed by atoms with Gasteiger partial charge in [0.2, 0.25) is 0 Å². The van der Waals surface area contributed by atoms with E-state index in [0.717, 1.165) is 5.56 Å². The van der Waals surface area contributed by atoms with E-state index in [9.17, 15) is 9.90 Å². The maximum absolute atomic E-state index is 11.5. The van der Waals surface area contributed by atoms with Crippen LogP contribution in [0.15, 0.2) is 41.7 Å². The van der Waals surface area contributed by atoms with Crippen LogP contribution in [-0.2, 0) is 4.79 Å². The van der Waals surface area contributed by atoms with E-state index in [1.54, 1.807) is 0 Å². The van der Waals surface area contributed by atoms with Crippen LogP contribution in [0, 0.1) is 0 Å². The van der Waals surface area contributed by atoms with Crippen molar-refractivity contribution in [1.82, 2.24) is 5.32 Å². The van der Waals surface area contributed by atoms with Crippen molar-refractivity contribution in [3.8, 4) is 0 Å². The lowest BCUT2D eigenvalue weighted by Crippen LogP contribution is -2.15. The molecular weight excluding hydrogens is 206 g/mol. The smallest absolute Gasteiger partial charge is 0.251 e. The summed E-state index contributed by atoms with van der Waals surface area (Å²) in [6, 6.07) is 9.45. The third-order valence-corrected chi connectivity index (χ3v) is 2.72. The summed E-state index contributed by atoms with van der Waals surface area (Å²) in [7, 11) is 0. The van der Waals surface area contributed by atoms with Crippen molar-refractivity contribution in [3.63, 3.8) is 0 Å². The second kappa shape index (κ2) is 4.37. The summed E-state index contributed by atoms with van der Waals surface area (Å²) >= 11 is 0. The lowest BCUT2D eigenvalue weighted by atomic mass is 9.93. The van der Waals surface area contributed by atoms with Crippen LogP contribution in [0.4, 0.5) is 0 Å². The number of nitrogens with one attached hydrogen (secondary N) is 1. The number of aliphatic hydroxyl groups excluding tert-OH is 2. The van der Waals surface area contributed by atoms with Crippen molar-refractivity contribution >= 4 is 5.91 Å². The van der Waals surface area contributed by atoms with E-state index in [4.69, 9.17) is 5.11 Å². The van der Waals surface area contributed by atoms with Crippen molar-refractivity contribution in [2.75, 3.05) is 13.2 Å². The van der Waals surface area contributed by atoms with Crippen molar-refractivity contribution in [2.24, 2.45) is 0 Å². The molecule has 1 aliphatic heterocycles. The number of carbonyl (C=O) groups is 1. The Morgan fingerprint density at radius 2 is 2.06 bits per heavy atom.